The van der Waals surface area contributed by atoms with Gasteiger partial charge in [-0.1, -0.05) is 30.3 Å². The monoisotopic (exact) mass is 539 g/mol. The fourth-order valence-electron chi connectivity index (χ4n) is 4.39. The zero-order valence-electron chi connectivity index (χ0n) is 21.9. The molecule has 0 bridgehead atoms. The van der Waals surface area contributed by atoms with Gasteiger partial charge in [-0.25, -0.2) is 8.42 Å². The molecule has 0 saturated carbocycles. The van der Waals surface area contributed by atoms with Crippen LogP contribution in [0.3, 0.4) is 0 Å². The Bertz CT molecular complexity index is 1320. The molecule has 3 aromatic rings. The van der Waals surface area contributed by atoms with Crippen molar-refractivity contribution in [3.05, 3.63) is 78.4 Å². The van der Waals surface area contributed by atoms with Gasteiger partial charge in [0, 0.05) is 38.8 Å². The molecule has 9 nitrogen and oxygen atoms in total. The van der Waals surface area contributed by atoms with Crippen LogP contribution >= 0.6 is 0 Å². The Labute approximate surface area is 224 Å². The van der Waals surface area contributed by atoms with E-state index in [1.807, 2.05) is 18.2 Å². The molecule has 10 heteroatoms. The van der Waals surface area contributed by atoms with Crippen molar-refractivity contribution in [2.24, 2.45) is 0 Å². The molecule has 0 aliphatic carbocycles. The third-order valence-electron chi connectivity index (χ3n) is 6.56. The Morgan fingerprint density at radius 2 is 1.47 bits per heavy atom. The van der Waals surface area contributed by atoms with Gasteiger partial charge < -0.3 is 19.1 Å². The second-order valence-electron chi connectivity index (χ2n) is 8.87. The van der Waals surface area contributed by atoms with Gasteiger partial charge in [-0.15, -0.1) is 0 Å². The van der Waals surface area contributed by atoms with Crippen molar-refractivity contribution in [3.8, 4) is 17.2 Å². The fraction of sp³-hybridized carbons (Fsp3) is 0.321. The first-order chi connectivity index (χ1) is 18.3. The average molecular weight is 540 g/mol. The van der Waals surface area contributed by atoms with Crippen LogP contribution in [0.25, 0.3) is 0 Å². The topological polar surface area (TPSA) is 88.6 Å². The number of rotatable bonds is 10. The van der Waals surface area contributed by atoms with Crippen LogP contribution in [0.5, 0.6) is 17.2 Å². The molecule has 0 spiro atoms. The Morgan fingerprint density at radius 3 is 2.08 bits per heavy atom. The van der Waals surface area contributed by atoms with Gasteiger partial charge in [-0.2, -0.15) is 0 Å². The molecule has 1 aliphatic rings. The molecular weight excluding hydrogens is 506 g/mol. The number of sulfonamides is 1. The van der Waals surface area contributed by atoms with Gasteiger partial charge in [0.05, 0.1) is 31.9 Å². The molecule has 0 unspecified atom stereocenters. The minimum Gasteiger partial charge on any atom is -0.497 e. The van der Waals surface area contributed by atoms with E-state index in [0.717, 1.165) is 10.8 Å². The molecule has 3 aromatic carbocycles. The number of amides is 1. The van der Waals surface area contributed by atoms with Gasteiger partial charge in [0.1, 0.15) is 12.3 Å². The second-order valence-corrected chi connectivity index (χ2v) is 10.7. The minimum absolute atomic E-state index is 0.00792. The molecule has 0 N–H and O–H groups in total. The Balaban J connectivity index is 1.54. The lowest BCUT2D eigenvalue weighted by Gasteiger charge is -2.36. The van der Waals surface area contributed by atoms with Crippen LogP contribution in [0.15, 0.2) is 77.7 Å². The number of methoxy groups -OCH3 is 3. The van der Waals surface area contributed by atoms with Crippen LogP contribution in [0, 0.1) is 0 Å². The van der Waals surface area contributed by atoms with Crippen LogP contribution in [0.2, 0.25) is 0 Å². The predicted octanol–water partition coefficient (Wildman–Crippen LogP) is 3.25. The lowest BCUT2D eigenvalue weighted by atomic mass is 10.2. The number of hydrogen-bond acceptors (Lipinski definition) is 7. The summed E-state index contributed by atoms with van der Waals surface area (Å²) >= 11 is 0. The Kier molecular flexibility index (Phi) is 8.75. The molecule has 202 valence electrons. The summed E-state index contributed by atoms with van der Waals surface area (Å²) in [5.74, 6) is 1.01. The maximum Gasteiger partial charge on any atom is 0.264 e. The number of carbonyl (C=O) groups excluding carboxylic acids is 1. The molecule has 1 amide bonds. The molecule has 1 aliphatic heterocycles. The van der Waals surface area contributed by atoms with E-state index in [1.165, 1.54) is 45.1 Å². The molecule has 4 rings (SSSR count). The standard InChI is InChI=1S/C28H33N3O6S/c1-35-24-11-9-23(10-12-24)31(38(33,34)25-13-14-26(36-2)27(19-25)37-3)21-28(32)30-17-15-29(16-18-30)20-22-7-5-4-6-8-22/h4-14,19H,15-18,20-21H2,1-3H3. The van der Waals surface area contributed by atoms with Crippen LogP contribution < -0.4 is 18.5 Å². The van der Waals surface area contributed by atoms with Crippen molar-refractivity contribution in [2.45, 2.75) is 11.4 Å². The highest BCUT2D eigenvalue weighted by atomic mass is 32.2. The lowest BCUT2D eigenvalue weighted by molar-refractivity contribution is -0.131. The van der Waals surface area contributed by atoms with Crippen molar-refractivity contribution in [1.29, 1.82) is 0 Å². The zero-order chi connectivity index (χ0) is 27.1. The predicted molar refractivity (Wildman–Crippen MR) is 145 cm³/mol. The van der Waals surface area contributed by atoms with Gasteiger partial charge in [-0.05, 0) is 42.0 Å². The largest absolute Gasteiger partial charge is 0.497 e. The van der Waals surface area contributed by atoms with Crippen molar-refractivity contribution < 1.29 is 27.4 Å². The average Bonchev–Trinajstić information content (AvgIpc) is 2.96. The summed E-state index contributed by atoms with van der Waals surface area (Å²) in [5.41, 5.74) is 1.58. The van der Waals surface area contributed by atoms with Crippen LogP contribution in [-0.2, 0) is 21.4 Å². The number of ether oxygens (including phenoxy) is 3. The summed E-state index contributed by atoms with van der Waals surface area (Å²) in [5, 5.41) is 0. The molecule has 1 heterocycles. The summed E-state index contributed by atoms with van der Waals surface area (Å²) < 4.78 is 44.6. The van der Waals surface area contributed by atoms with Crippen molar-refractivity contribution >= 4 is 21.6 Å². The number of piperazine rings is 1. The molecule has 0 radical (unpaired) electrons. The summed E-state index contributed by atoms with van der Waals surface area (Å²) in [6.07, 6.45) is 0. The van der Waals surface area contributed by atoms with E-state index in [1.54, 1.807) is 29.2 Å². The molecule has 38 heavy (non-hydrogen) atoms. The van der Waals surface area contributed by atoms with Crippen LogP contribution in [0.4, 0.5) is 5.69 Å². The smallest absolute Gasteiger partial charge is 0.264 e. The number of nitrogens with zero attached hydrogens (tertiary/aromatic N) is 3. The zero-order valence-corrected chi connectivity index (χ0v) is 22.7. The van der Waals surface area contributed by atoms with Gasteiger partial charge in [0.15, 0.2) is 11.5 Å². The van der Waals surface area contributed by atoms with E-state index < -0.39 is 10.0 Å². The Morgan fingerprint density at radius 1 is 0.816 bits per heavy atom. The maximum absolute atomic E-state index is 13.8. The van der Waals surface area contributed by atoms with Gasteiger partial charge in [0.2, 0.25) is 5.91 Å². The Hall–Kier alpha value is -3.76. The van der Waals surface area contributed by atoms with E-state index in [0.29, 0.717) is 43.4 Å². The first-order valence-corrected chi connectivity index (χ1v) is 13.7. The third-order valence-corrected chi connectivity index (χ3v) is 8.33. The molecule has 0 atom stereocenters. The highest BCUT2D eigenvalue weighted by Crippen LogP contribution is 2.32. The molecular formula is C28H33N3O6S. The van der Waals surface area contributed by atoms with E-state index in [4.69, 9.17) is 14.2 Å². The first kappa shape index (κ1) is 27.3. The molecule has 1 saturated heterocycles. The maximum atomic E-state index is 13.8. The van der Waals surface area contributed by atoms with Gasteiger partial charge >= 0.3 is 0 Å². The number of anilines is 1. The summed E-state index contributed by atoms with van der Waals surface area (Å²) in [6, 6.07) is 21.2. The van der Waals surface area contributed by atoms with Crippen LogP contribution in [0.1, 0.15) is 5.56 Å². The van der Waals surface area contributed by atoms with E-state index >= 15 is 0 Å². The second kappa shape index (κ2) is 12.2. The SMILES string of the molecule is COc1ccc(N(CC(=O)N2CCN(Cc3ccccc3)CC2)S(=O)(=O)c2ccc(OC)c(OC)c2)cc1. The normalized spacial score (nSPS) is 14.1. The molecule has 1 fully saturated rings. The highest BCUT2D eigenvalue weighted by molar-refractivity contribution is 7.92. The fourth-order valence-corrected chi connectivity index (χ4v) is 5.82. The first-order valence-electron chi connectivity index (χ1n) is 12.3. The summed E-state index contributed by atoms with van der Waals surface area (Å²) in [6.45, 7) is 2.96. The van der Waals surface area contributed by atoms with Crippen LogP contribution in [-0.4, -0.2) is 78.2 Å². The van der Waals surface area contributed by atoms with Gasteiger partial charge in [0.25, 0.3) is 10.0 Å². The number of hydrogen-bond donors (Lipinski definition) is 0. The van der Waals surface area contributed by atoms with Crippen molar-refractivity contribution in [1.82, 2.24) is 9.80 Å². The number of carbonyl (C=O) groups is 1. The number of benzene rings is 3. The van der Waals surface area contributed by atoms with Crippen molar-refractivity contribution in [2.75, 3.05) is 58.4 Å². The van der Waals surface area contributed by atoms with E-state index in [-0.39, 0.29) is 23.1 Å². The minimum atomic E-state index is -4.12. The third kappa shape index (κ3) is 6.20. The van der Waals surface area contributed by atoms with E-state index in [2.05, 4.69) is 17.0 Å². The summed E-state index contributed by atoms with van der Waals surface area (Å²) in [7, 11) is 0.339. The lowest BCUT2D eigenvalue weighted by Crippen LogP contribution is -2.51. The molecule has 0 aromatic heterocycles. The van der Waals surface area contributed by atoms with Gasteiger partial charge in [-0.3, -0.25) is 14.0 Å². The van der Waals surface area contributed by atoms with E-state index in [9.17, 15) is 13.2 Å². The highest BCUT2D eigenvalue weighted by Gasteiger charge is 2.31. The summed E-state index contributed by atoms with van der Waals surface area (Å²) in [4.78, 5) is 17.4. The quantitative estimate of drug-likeness (QED) is 0.391. The van der Waals surface area contributed by atoms with Crippen molar-refractivity contribution in [3.63, 3.8) is 0 Å².